The lowest BCUT2D eigenvalue weighted by atomic mass is 9.83. The SMILES string of the molecule is COc1cc(-c2cn(C[C@H]3CCCCO3)nn2)c(C)cc1N1CC(C)(C)C1. The summed E-state index contributed by atoms with van der Waals surface area (Å²) in [6.45, 7) is 10.5. The predicted molar refractivity (Wildman–Crippen MR) is 106 cm³/mol. The molecule has 0 unspecified atom stereocenters. The van der Waals surface area contributed by atoms with Gasteiger partial charge in [-0.05, 0) is 49.3 Å². The molecule has 6 heteroatoms. The minimum atomic E-state index is 0.251. The Morgan fingerprint density at radius 2 is 2.07 bits per heavy atom. The van der Waals surface area contributed by atoms with Crippen LogP contribution < -0.4 is 9.64 Å². The Bertz CT molecular complexity index is 801. The summed E-state index contributed by atoms with van der Waals surface area (Å²) in [6.07, 6.45) is 5.77. The van der Waals surface area contributed by atoms with E-state index < -0.39 is 0 Å². The third-order valence-electron chi connectivity index (χ3n) is 5.58. The highest BCUT2D eigenvalue weighted by atomic mass is 16.5. The van der Waals surface area contributed by atoms with Crippen LogP contribution in [-0.4, -0.2) is 47.9 Å². The van der Waals surface area contributed by atoms with Gasteiger partial charge >= 0.3 is 0 Å². The highest BCUT2D eigenvalue weighted by molar-refractivity contribution is 5.73. The van der Waals surface area contributed by atoms with E-state index in [1.165, 1.54) is 24.1 Å². The highest BCUT2D eigenvalue weighted by Gasteiger charge is 2.35. The number of nitrogens with zero attached hydrogens (tertiary/aromatic N) is 4. The molecular formula is C21H30N4O2. The second-order valence-electron chi connectivity index (χ2n) is 8.67. The highest BCUT2D eigenvalue weighted by Crippen LogP contribution is 2.41. The monoisotopic (exact) mass is 370 g/mol. The summed E-state index contributed by atoms with van der Waals surface area (Å²) in [6, 6.07) is 4.31. The Labute approximate surface area is 161 Å². The Morgan fingerprint density at radius 1 is 1.26 bits per heavy atom. The molecule has 0 amide bonds. The molecule has 6 nitrogen and oxygen atoms in total. The molecule has 0 spiro atoms. The molecule has 2 saturated heterocycles. The molecule has 2 aromatic rings. The van der Waals surface area contributed by atoms with Crippen LogP contribution in [0, 0.1) is 12.3 Å². The van der Waals surface area contributed by atoms with Gasteiger partial charge in [-0.1, -0.05) is 19.1 Å². The summed E-state index contributed by atoms with van der Waals surface area (Å²) in [4.78, 5) is 2.38. The van der Waals surface area contributed by atoms with E-state index in [2.05, 4.69) is 48.1 Å². The smallest absolute Gasteiger partial charge is 0.142 e. The van der Waals surface area contributed by atoms with Gasteiger partial charge in [-0.2, -0.15) is 0 Å². The lowest BCUT2D eigenvalue weighted by Crippen LogP contribution is -2.53. The maximum atomic E-state index is 5.82. The second-order valence-corrected chi connectivity index (χ2v) is 8.67. The molecule has 2 aliphatic heterocycles. The Kier molecular flexibility index (Phi) is 4.84. The van der Waals surface area contributed by atoms with Gasteiger partial charge in [-0.25, -0.2) is 4.68 Å². The zero-order valence-corrected chi connectivity index (χ0v) is 16.9. The molecule has 2 fully saturated rings. The van der Waals surface area contributed by atoms with E-state index in [1.54, 1.807) is 7.11 Å². The van der Waals surface area contributed by atoms with Gasteiger partial charge in [-0.3, -0.25) is 0 Å². The number of methoxy groups -OCH3 is 1. The molecule has 0 bridgehead atoms. The largest absolute Gasteiger partial charge is 0.495 e. The lowest BCUT2D eigenvalue weighted by Gasteiger charge is -2.47. The van der Waals surface area contributed by atoms with Crippen LogP contribution in [0.5, 0.6) is 5.75 Å². The third-order valence-corrected chi connectivity index (χ3v) is 5.58. The average Bonchev–Trinajstić information content (AvgIpc) is 3.08. The first-order valence-corrected chi connectivity index (χ1v) is 9.91. The van der Waals surface area contributed by atoms with Gasteiger partial charge in [-0.15, -0.1) is 5.10 Å². The second kappa shape index (κ2) is 7.15. The Morgan fingerprint density at radius 3 is 2.74 bits per heavy atom. The first-order chi connectivity index (χ1) is 12.9. The summed E-state index contributed by atoms with van der Waals surface area (Å²) < 4.78 is 13.4. The Balaban J connectivity index is 1.55. The average molecular weight is 370 g/mol. The summed E-state index contributed by atoms with van der Waals surface area (Å²) in [5.74, 6) is 0.899. The van der Waals surface area contributed by atoms with Crippen molar-refractivity contribution in [1.82, 2.24) is 15.0 Å². The number of benzene rings is 1. The maximum Gasteiger partial charge on any atom is 0.142 e. The number of hydrogen-bond acceptors (Lipinski definition) is 5. The van der Waals surface area contributed by atoms with Gasteiger partial charge in [0.25, 0.3) is 0 Å². The molecule has 0 radical (unpaired) electrons. The first kappa shape index (κ1) is 18.3. The van der Waals surface area contributed by atoms with Crippen molar-refractivity contribution in [2.24, 2.45) is 5.41 Å². The number of aryl methyl sites for hydroxylation is 1. The molecule has 3 heterocycles. The van der Waals surface area contributed by atoms with Crippen LogP contribution in [0.3, 0.4) is 0 Å². The number of rotatable bonds is 5. The lowest BCUT2D eigenvalue weighted by molar-refractivity contribution is 0.00370. The maximum absolute atomic E-state index is 5.82. The van der Waals surface area contributed by atoms with Crippen molar-refractivity contribution in [3.8, 4) is 17.0 Å². The Hall–Kier alpha value is -2.08. The van der Waals surface area contributed by atoms with E-state index in [9.17, 15) is 0 Å². The van der Waals surface area contributed by atoms with Crippen molar-refractivity contribution in [1.29, 1.82) is 0 Å². The van der Waals surface area contributed by atoms with Crippen LogP contribution >= 0.6 is 0 Å². The molecule has 27 heavy (non-hydrogen) atoms. The fourth-order valence-electron chi connectivity index (χ4n) is 4.19. The zero-order valence-electron chi connectivity index (χ0n) is 16.9. The van der Waals surface area contributed by atoms with Gasteiger partial charge in [0.1, 0.15) is 11.4 Å². The predicted octanol–water partition coefficient (Wildman–Crippen LogP) is 3.68. The van der Waals surface area contributed by atoms with E-state index in [1.807, 2.05) is 10.9 Å². The van der Waals surface area contributed by atoms with E-state index >= 15 is 0 Å². The van der Waals surface area contributed by atoms with E-state index in [-0.39, 0.29) is 6.10 Å². The van der Waals surface area contributed by atoms with Crippen molar-refractivity contribution in [3.05, 3.63) is 23.9 Å². The molecular weight excluding hydrogens is 340 g/mol. The van der Waals surface area contributed by atoms with Crippen molar-refractivity contribution in [2.75, 3.05) is 31.7 Å². The van der Waals surface area contributed by atoms with E-state index in [0.29, 0.717) is 5.41 Å². The van der Waals surface area contributed by atoms with Gasteiger partial charge in [0.05, 0.1) is 31.6 Å². The van der Waals surface area contributed by atoms with Crippen LogP contribution in [0.15, 0.2) is 18.3 Å². The molecule has 146 valence electrons. The summed E-state index contributed by atoms with van der Waals surface area (Å²) in [7, 11) is 1.74. The van der Waals surface area contributed by atoms with Gasteiger partial charge in [0.2, 0.25) is 0 Å². The van der Waals surface area contributed by atoms with Gasteiger partial charge in [0, 0.05) is 25.3 Å². The fraction of sp³-hybridized carbons (Fsp3) is 0.619. The first-order valence-electron chi connectivity index (χ1n) is 9.91. The van der Waals surface area contributed by atoms with Crippen LogP contribution in [0.1, 0.15) is 38.7 Å². The summed E-state index contributed by atoms with van der Waals surface area (Å²) in [5, 5.41) is 8.73. The molecule has 0 aliphatic carbocycles. The van der Waals surface area contributed by atoms with Gasteiger partial charge in [0.15, 0.2) is 0 Å². The molecule has 1 aromatic carbocycles. The number of aromatic nitrogens is 3. The topological polar surface area (TPSA) is 52.4 Å². The van der Waals surface area contributed by atoms with Crippen molar-refractivity contribution < 1.29 is 9.47 Å². The van der Waals surface area contributed by atoms with Crippen LogP contribution in [0.2, 0.25) is 0 Å². The number of ether oxygens (including phenoxy) is 2. The molecule has 1 aromatic heterocycles. The summed E-state index contributed by atoms with van der Waals surface area (Å²) >= 11 is 0. The van der Waals surface area contributed by atoms with E-state index in [0.717, 1.165) is 49.7 Å². The minimum absolute atomic E-state index is 0.251. The molecule has 0 N–H and O–H groups in total. The molecule has 1 atom stereocenters. The molecule has 0 saturated carbocycles. The molecule has 4 rings (SSSR count). The number of anilines is 1. The van der Waals surface area contributed by atoms with E-state index in [4.69, 9.17) is 9.47 Å². The normalized spacial score (nSPS) is 21.8. The van der Waals surface area contributed by atoms with Crippen molar-refractivity contribution >= 4 is 5.69 Å². The zero-order chi connectivity index (χ0) is 19.0. The fourth-order valence-corrected chi connectivity index (χ4v) is 4.19. The van der Waals surface area contributed by atoms with Crippen LogP contribution in [0.25, 0.3) is 11.3 Å². The van der Waals surface area contributed by atoms with Gasteiger partial charge < -0.3 is 14.4 Å². The quantitative estimate of drug-likeness (QED) is 0.804. The third kappa shape index (κ3) is 3.81. The van der Waals surface area contributed by atoms with Crippen molar-refractivity contribution in [2.45, 2.75) is 52.7 Å². The minimum Gasteiger partial charge on any atom is -0.495 e. The number of hydrogen-bond donors (Lipinski definition) is 0. The van der Waals surface area contributed by atoms with Crippen molar-refractivity contribution in [3.63, 3.8) is 0 Å². The van der Waals surface area contributed by atoms with Crippen LogP contribution in [0.4, 0.5) is 5.69 Å². The molecule has 2 aliphatic rings. The standard InChI is InChI=1S/C21H30N4O2/c1-15-9-19(24-13-21(2,3)14-24)20(26-4)10-17(15)18-12-25(23-22-18)11-16-7-5-6-8-27-16/h9-10,12,16H,5-8,11,13-14H2,1-4H3/t16-/m1/s1. The summed E-state index contributed by atoms with van der Waals surface area (Å²) in [5.41, 5.74) is 4.70. The van der Waals surface area contributed by atoms with Crippen LogP contribution in [-0.2, 0) is 11.3 Å².